The van der Waals surface area contributed by atoms with Gasteiger partial charge < -0.3 is 5.32 Å². The molecule has 0 aliphatic rings. The SMILES string of the molecule is CC(C)(C)CC(=O)Nc1cccc(Cl)n1. The lowest BCUT2D eigenvalue weighted by Gasteiger charge is -2.16. The third kappa shape index (κ3) is 4.79. The molecule has 0 fully saturated rings. The highest BCUT2D eigenvalue weighted by Gasteiger charge is 2.16. The van der Waals surface area contributed by atoms with Crippen LogP contribution in [0, 0.1) is 5.41 Å². The summed E-state index contributed by atoms with van der Waals surface area (Å²) in [5.41, 5.74) is -0.0251. The van der Waals surface area contributed by atoms with E-state index >= 15 is 0 Å². The Balaban J connectivity index is 2.59. The second kappa shape index (κ2) is 4.62. The smallest absolute Gasteiger partial charge is 0.226 e. The number of halogens is 1. The van der Waals surface area contributed by atoms with E-state index in [9.17, 15) is 4.79 Å². The molecular weight excluding hydrogens is 212 g/mol. The van der Waals surface area contributed by atoms with Crippen LogP contribution in [0.1, 0.15) is 27.2 Å². The van der Waals surface area contributed by atoms with Gasteiger partial charge in [-0.05, 0) is 17.5 Å². The Morgan fingerprint density at radius 3 is 2.67 bits per heavy atom. The van der Waals surface area contributed by atoms with Crippen LogP contribution in [-0.4, -0.2) is 10.9 Å². The van der Waals surface area contributed by atoms with Crippen LogP contribution < -0.4 is 5.32 Å². The van der Waals surface area contributed by atoms with Gasteiger partial charge in [-0.15, -0.1) is 0 Å². The molecule has 0 unspecified atom stereocenters. The van der Waals surface area contributed by atoms with E-state index in [0.29, 0.717) is 17.4 Å². The molecule has 1 amide bonds. The van der Waals surface area contributed by atoms with Crippen LogP contribution in [0.4, 0.5) is 5.82 Å². The largest absolute Gasteiger partial charge is 0.311 e. The lowest BCUT2D eigenvalue weighted by molar-refractivity contribution is -0.117. The minimum absolute atomic E-state index is 0.0251. The highest BCUT2D eigenvalue weighted by Crippen LogP contribution is 2.19. The first-order chi connectivity index (χ1) is 6.87. The van der Waals surface area contributed by atoms with Gasteiger partial charge in [-0.2, -0.15) is 0 Å². The Kier molecular flexibility index (Phi) is 3.69. The monoisotopic (exact) mass is 226 g/mol. The third-order valence-electron chi connectivity index (χ3n) is 1.67. The predicted octanol–water partition coefficient (Wildman–Crippen LogP) is 3.11. The Morgan fingerprint density at radius 1 is 1.47 bits per heavy atom. The average Bonchev–Trinajstić information content (AvgIpc) is 1.99. The van der Waals surface area contributed by atoms with Gasteiger partial charge in [0.15, 0.2) is 0 Å². The molecule has 1 aromatic rings. The maximum atomic E-state index is 11.5. The summed E-state index contributed by atoms with van der Waals surface area (Å²) in [6.45, 7) is 6.04. The summed E-state index contributed by atoms with van der Waals surface area (Å²) in [5, 5.41) is 3.08. The van der Waals surface area contributed by atoms with E-state index in [1.165, 1.54) is 0 Å². The van der Waals surface area contributed by atoms with E-state index in [4.69, 9.17) is 11.6 Å². The zero-order chi connectivity index (χ0) is 11.5. The molecule has 0 bridgehead atoms. The Hall–Kier alpha value is -1.09. The fourth-order valence-corrected chi connectivity index (χ4v) is 1.31. The predicted molar refractivity (Wildman–Crippen MR) is 61.9 cm³/mol. The fourth-order valence-electron chi connectivity index (χ4n) is 1.15. The highest BCUT2D eigenvalue weighted by molar-refractivity contribution is 6.29. The summed E-state index contributed by atoms with van der Waals surface area (Å²) in [5.74, 6) is 0.453. The second-order valence-corrected chi connectivity index (χ2v) is 5.02. The lowest BCUT2D eigenvalue weighted by atomic mass is 9.92. The number of aromatic nitrogens is 1. The van der Waals surface area contributed by atoms with Crippen LogP contribution >= 0.6 is 11.6 Å². The average molecular weight is 227 g/mol. The van der Waals surface area contributed by atoms with Crippen molar-refractivity contribution in [2.24, 2.45) is 5.41 Å². The van der Waals surface area contributed by atoms with E-state index in [-0.39, 0.29) is 11.3 Å². The van der Waals surface area contributed by atoms with Gasteiger partial charge in [0, 0.05) is 6.42 Å². The van der Waals surface area contributed by atoms with Crippen molar-refractivity contribution in [2.45, 2.75) is 27.2 Å². The van der Waals surface area contributed by atoms with Crippen LogP contribution in [0.25, 0.3) is 0 Å². The summed E-state index contributed by atoms with van der Waals surface area (Å²) < 4.78 is 0. The number of nitrogens with zero attached hydrogens (tertiary/aromatic N) is 1. The number of anilines is 1. The van der Waals surface area contributed by atoms with Gasteiger partial charge in [-0.1, -0.05) is 38.4 Å². The van der Waals surface area contributed by atoms with Crippen molar-refractivity contribution in [1.29, 1.82) is 0 Å². The van der Waals surface area contributed by atoms with Crippen molar-refractivity contribution in [2.75, 3.05) is 5.32 Å². The quantitative estimate of drug-likeness (QED) is 0.788. The van der Waals surface area contributed by atoms with Crippen molar-refractivity contribution in [3.8, 4) is 0 Å². The van der Waals surface area contributed by atoms with Crippen molar-refractivity contribution in [3.05, 3.63) is 23.4 Å². The molecule has 1 heterocycles. The summed E-state index contributed by atoms with van der Waals surface area (Å²) in [6.07, 6.45) is 0.460. The minimum atomic E-state index is -0.0442. The molecule has 0 saturated carbocycles. The first-order valence-electron chi connectivity index (χ1n) is 4.79. The molecule has 3 nitrogen and oxygen atoms in total. The van der Waals surface area contributed by atoms with Gasteiger partial charge in [0.25, 0.3) is 0 Å². The molecule has 82 valence electrons. The van der Waals surface area contributed by atoms with Crippen LogP contribution in [0.3, 0.4) is 0 Å². The summed E-state index contributed by atoms with van der Waals surface area (Å²) in [6, 6.07) is 5.13. The van der Waals surface area contributed by atoms with Gasteiger partial charge in [0.2, 0.25) is 5.91 Å². The van der Waals surface area contributed by atoms with Crippen LogP contribution in [-0.2, 0) is 4.79 Å². The molecule has 15 heavy (non-hydrogen) atoms. The number of hydrogen-bond donors (Lipinski definition) is 1. The number of carbonyl (C=O) groups is 1. The van der Waals surface area contributed by atoms with E-state index in [2.05, 4.69) is 10.3 Å². The molecule has 1 rings (SSSR count). The van der Waals surface area contributed by atoms with Crippen LogP contribution in [0.5, 0.6) is 0 Å². The van der Waals surface area contributed by atoms with Crippen molar-refractivity contribution >= 4 is 23.3 Å². The summed E-state index contributed by atoms with van der Waals surface area (Å²) in [4.78, 5) is 15.5. The highest BCUT2D eigenvalue weighted by atomic mass is 35.5. The molecule has 0 radical (unpaired) electrons. The number of rotatable bonds is 2. The first kappa shape index (κ1) is 12.0. The third-order valence-corrected chi connectivity index (χ3v) is 1.88. The van der Waals surface area contributed by atoms with Crippen molar-refractivity contribution in [3.63, 3.8) is 0 Å². The minimum Gasteiger partial charge on any atom is -0.311 e. The van der Waals surface area contributed by atoms with Gasteiger partial charge in [0.05, 0.1) is 0 Å². The number of hydrogen-bond acceptors (Lipinski definition) is 2. The normalized spacial score (nSPS) is 11.2. The standard InChI is InChI=1S/C11H15ClN2O/c1-11(2,3)7-10(15)14-9-6-4-5-8(12)13-9/h4-6H,7H2,1-3H3,(H,13,14,15). The van der Waals surface area contributed by atoms with Crippen LogP contribution in [0.15, 0.2) is 18.2 Å². The van der Waals surface area contributed by atoms with Gasteiger partial charge >= 0.3 is 0 Å². The number of amides is 1. The van der Waals surface area contributed by atoms with E-state index < -0.39 is 0 Å². The zero-order valence-electron chi connectivity index (χ0n) is 9.17. The van der Waals surface area contributed by atoms with Gasteiger partial charge in [-0.3, -0.25) is 4.79 Å². The number of nitrogens with one attached hydrogen (secondary N) is 1. The molecule has 0 saturated heterocycles. The Labute approximate surface area is 94.9 Å². The van der Waals surface area contributed by atoms with Crippen molar-refractivity contribution in [1.82, 2.24) is 4.98 Å². The molecule has 0 aromatic carbocycles. The number of pyridine rings is 1. The summed E-state index contributed by atoms with van der Waals surface area (Å²) >= 11 is 5.70. The second-order valence-electron chi connectivity index (χ2n) is 4.63. The molecule has 1 N–H and O–H groups in total. The van der Waals surface area contributed by atoms with Crippen molar-refractivity contribution < 1.29 is 4.79 Å². The maximum Gasteiger partial charge on any atom is 0.226 e. The fraction of sp³-hybridized carbons (Fsp3) is 0.455. The maximum absolute atomic E-state index is 11.5. The molecule has 0 aliphatic carbocycles. The Bertz CT molecular complexity index is 358. The van der Waals surface area contributed by atoms with E-state index in [1.54, 1.807) is 18.2 Å². The zero-order valence-corrected chi connectivity index (χ0v) is 9.93. The number of carbonyl (C=O) groups excluding carboxylic acids is 1. The molecule has 0 atom stereocenters. The first-order valence-corrected chi connectivity index (χ1v) is 5.17. The van der Waals surface area contributed by atoms with E-state index in [1.807, 2.05) is 20.8 Å². The molecular formula is C11H15ClN2O. The van der Waals surface area contributed by atoms with E-state index in [0.717, 1.165) is 0 Å². The Morgan fingerprint density at radius 2 is 2.13 bits per heavy atom. The molecule has 4 heteroatoms. The van der Waals surface area contributed by atoms with Gasteiger partial charge in [-0.25, -0.2) is 4.98 Å². The molecule has 0 spiro atoms. The summed E-state index contributed by atoms with van der Waals surface area (Å²) in [7, 11) is 0. The molecule has 1 aromatic heterocycles. The molecule has 0 aliphatic heterocycles. The lowest BCUT2D eigenvalue weighted by Crippen LogP contribution is -2.20. The van der Waals surface area contributed by atoms with Crippen LogP contribution in [0.2, 0.25) is 5.15 Å². The topological polar surface area (TPSA) is 42.0 Å². The van der Waals surface area contributed by atoms with Gasteiger partial charge in [0.1, 0.15) is 11.0 Å².